The quantitative estimate of drug-likeness (QED) is 0.589. The SMILES string of the molecule is CC(C(=O)O)c1ccc(NC(=O)CCn2cc([N+](=O)[O-])cn2)cc1. The summed E-state index contributed by atoms with van der Waals surface area (Å²) in [6.07, 6.45) is 2.49. The molecule has 126 valence electrons. The van der Waals surface area contributed by atoms with Gasteiger partial charge in [0.2, 0.25) is 5.91 Å². The minimum Gasteiger partial charge on any atom is -0.481 e. The van der Waals surface area contributed by atoms with Crippen molar-refractivity contribution < 1.29 is 19.6 Å². The molecule has 0 bridgehead atoms. The summed E-state index contributed by atoms with van der Waals surface area (Å²) in [6.45, 7) is 1.80. The molecule has 1 atom stereocenters. The van der Waals surface area contributed by atoms with Crippen LogP contribution in [0.3, 0.4) is 0 Å². The lowest BCUT2D eigenvalue weighted by atomic mass is 10.0. The molecule has 1 aromatic carbocycles. The van der Waals surface area contributed by atoms with E-state index in [1.165, 1.54) is 10.9 Å². The molecule has 2 aromatic rings. The number of nitrogens with one attached hydrogen (secondary N) is 1. The number of carbonyl (C=O) groups is 2. The van der Waals surface area contributed by atoms with E-state index in [0.29, 0.717) is 11.3 Å². The number of aliphatic carboxylic acids is 1. The standard InChI is InChI=1S/C15H16N4O5/c1-10(15(21)22)11-2-4-12(5-3-11)17-14(20)6-7-18-9-13(8-16-18)19(23)24/h2-5,8-10H,6-7H2,1H3,(H,17,20)(H,21,22). The van der Waals surface area contributed by atoms with Crippen LogP contribution in [0.4, 0.5) is 11.4 Å². The molecular formula is C15H16N4O5. The van der Waals surface area contributed by atoms with Crippen molar-refractivity contribution in [3.8, 4) is 0 Å². The van der Waals surface area contributed by atoms with Gasteiger partial charge < -0.3 is 10.4 Å². The van der Waals surface area contributed by atoms with Gasteiger partial charge in [0.05, 0.1) is 10.8 Å². The molecule has 0 spiro atoms. The predicted molar refractivity (Wildman–Crippen MR) is 84.6 cm³/mol. The molecule has 2 N–H and O–H groups in total. The third kappa shape index (κ3) is 4.38. The van der Waals surface area contributed by atoms with E-state index in [9.17, 15) is 19.7 Å². The second-order valence-corrected chi connectivity index (χ2v) is 5.20. The Morgan fingerprint density at radius 3 is 2.58 bits per heavy atom. The van der Waals surface area contributed by atoms with Gasteiger partial charge in [0, 0.05) is 18.7 Å². The van der Waals surface area contributed by atoms with E-state index < -0.39 is 16.8 Å². The molecule has 1 unspecified atom stereocenters. The normalized spacial score (nSPS) is 11.7. The van der Waals surface area contributed by atoms with Crippen LogP contribution in [0.25, 0.3) is 0 Å². The number of hydrogen-bond donors (Lipinski definition) is 2. The first-order chi connectivity index (χ1) is 11.4. The number of carboxylic acid groups (broad SMARTS) is 1. The van der Waals surface area contributed by atoms with E-state index in [1.807, 2.05) is 0 Å². The van der Waals surface area contributed by atoms with E-state index in [2.05, 4.69) is 10.4 Å². The van der Waals surface area contributed by atoms with Gasteiger partial charge in [0.25, 0.3) is 0 Å². The van der Waals surface area contributed by atoms with Crippen LogP contribution in [0.15, 0.2) is 36.7 Å². The van der Waals surface area contributed by atoms with Crippen molar-refractivity contribution in [1.82, 2.24) is 9.78 Å². The smallest absolute Gasteiger partial charge is 0.310 e. The lowest BCUT2D eigenvalue weighted by molar-refractivity contribution is -0.385. The predicted octanol–water partition coefficient (Wildman–Crippen LogP) is 2.01. The third-order valence-corrected chi connectivity index (χ3v) is 3.46. The van der Waals surface area contributed by atoms with Crippen LogP contribution in [0, 0.1) is 10.1 Å². The summed E-state index contributed by atoms with van der Waals surface area (Å²) in [5, 5.41) is 26.0. The lowest BCUT2D eigenvalue weighted by Crippen LogP contribution is -2.15. The first-order valence-corrected chi connectivity index (χ1v) is 7.16. The number of benzene rings is 1. The van der Waals surface area contributed by atoms with Crippen LogP contribution in [-0.2, 0) is 16.1 Å². The highest BCUT2D eigenvalue weighted by molar-refractivity contribution is 5.90. The molecule has 2 rings (SSSR count). The van der Waals surface area contributed by atoms with Gasteiger partial charge in [-0.05, 0) is 24.6 Å². The van der Waals surface area contributed by atoms with Gasteiger partial charge in [-0.1, -0.05) is 12.1 Å². The Morgan fingerprint density at radius 1 is 1.38 bits per heavy atom. The highest BCUT2D eigenvalue weighted by Gasteiger charge is 2.13. The molecule has 0 saturated carbocycles. The second kappa shape index (κ2) is 7.36. The number of nitro groups is 1. The zero-order chi connectivity index (χ0) is 17.7. The minimum absolute atomic E-state index is 0.103. The zero-order valence-electron chi connectivity index (χ0n) is 12.9. The maximum Gasteiger partial charge on any atom is 0.310 e. The lowest BCUT2D eigenvalue weighted by Gasteiger charge is -2.09. The first-order valence-electron chi connectivity index (χ1n) is 7.16. The van der Waals surface area contributed by atoms with Gasteiger partial charge in [-0.15, -0.1) is 0 Å². The van der Waals surface area contributed by atoms with Crippen molar-refractivity contribution in [1.29, 1.82) is 0 Å². The number of nitrogens with zero attached hydrogens (tertiary/aromatic N) is 3. The Balaban J connectivity index is 1.87. The molecule has 1 amide bonds. The van der Waals surface area contributed by atoms with Gasteiger partial charge in [0.1, 0.15) is 12.4 Å². The maximum atomic E-state index is 11.9. The van der Waals surface area contributed by atoms with E-state index >= 15 is 0 Å². The van der Waals surface area contributed by atoms with E-state index in [4.69, 9.17) is 5.11 Å². The van der Waals surface area contributed by atoms with Crippen molar-refractivity contribution in [2.75, 3.05) is 5.32 Å². The van der Waals surface area contributed by atoms with Crippen LogP contribution >= 0.6 is 0 Å². The van der Waals surface area contributed by atoms with Gasteiger partial charge in [-0.25, -0.2) is 0 Å². The fourth-order valence-corrected chi connectivity index (χ4v) is 2.01. The Labute approximate surface area is 137 Å². The summed E-state index contributed by atoms with van der Waals surface area (Å²) in [5.74, 6) is -1.81. The van der Waals surface area contributed by atoms with Gasteiger partial charge in [-0.2, -0.15) is 5.10 Å². The largest absolute Gasteiger partial charge is 0.481 e. The molecule has 0 fully saturated rings. The van der Waals surface area contributed by atoms with Crippen molar-refractivity contribution in [2.24, 2.45) is 0 Å². The molecular weight excluding hydrogens is 316 g/mol. The average molecular weight is 332 g/mol. The molecule has 0 aliphatic rings. The van der Waals surface area contributed by atoms with Gasteiger partial charge in [-0.3, -0.25) is 24.4 Å². The van der Waals surface area contributed by atoms with Gasteiger partial charge >= 0.3 is 11.7 Å². The van der Waals surface area contributed by atoms with Crippen molar-refractivity contribution >= 4 is 23.3 Å². The van der Waals surface area contributed by atoms with Crippen molar-refractivity contribution in [2.45, 2.75) is 25.8 Å². The molecule has 0 saturated heterocycles. The number of aryl methyl sites for hydroxylation is 1. The summed E-state index contributed by atoms with van der Waals surface area (Å²) in [5.41, 5.74) is 1.07. The molecule has 1 aromatic heterocycles. The number of rotatable bonds is 7. The fraction of sp³-hybridized carbons (Fsp3) is 0.267. The minimum atomic E-state index is -0.917. The highest BCUT2D eigenvalue weighted by Crippen LogP contribution is 2.18. The van der Waals surface area contributed by atoms with Crippen LogP contribution in [0.5, 0.6) is 0 Å². The Bertz CT molecular complexity index is 753. The van der Waals surface area contributed by atoms with E-state index in [0.717, 1.165) is 6.20 Å². The number of aromatic nitrogens is 2. The molecule has 9 nitrogen and oxygen atoms in total. The maximum absolute atomic E-state index is 11.9. The third-order valence-electron chi connectivity index (χ3n) is 3.46. The fourth-order valence-electron chi connectivity index (χ4n) is 2.01. The number of amides is 1. The molecule has 0 radical (unpaired) electrons. The molecule has 0 aliphatic carbocycles. The van der Waals surface area contributed by atoms with Crippen LogP contribution in [0.2, 0.25) is 0 Å². The topological polar surface area (TPSA) is 127 Å². The summed E-state index contributed by atoms with van der Waals surface area (Å²) in [7, 11) is 0. The second-order valence-electron chi connectivity index (χ2n) is 5.20. The Morgan fingerprint density at radius 2 is 2.04 bits per heavy atom. The number of hydrogen-bond acceptors (Lipinski definition) is 5. The molecule has 0 aliphatic heterocycles. The number of carboxylic acids is 1. The molecule has 9 heteroatoms. The van der Waals surface area contributed by atoms with Crippen LogP contribution < -0.4 is 5.32 Å². The number of carbonyl (C=O) groups excluding carboxylic acids is 1. The van der Waals surface area contributed by atoms with Crippen molar-refractivity contribution in [3.05, 3.63) is 52.3 Å². The number of anilines is 1. The monoisotopic (exact) mass is 332 g/mol. The first kappa shape index (κ1) is 17.1. The Kier molecular flexibility index (Phi) is 5.25. The summed E-state index contributed by atoms with van der Waals surface area (Å²) < 4.78 is 1.33. The molecule has 24 heavy (non-hydrogen) atoms. The summed E-state index contributed by atoms with van der Waals surface area (Å²) in [4.78, 5) is 32.8. The summed E-state index contributed by atoms with van der Waals surface area (Å²) >= 11 is 0. The Hall–Kier alpha value is -3.23. The van der Waals surface area contributed by atoms with E-state index in [-0.39, 0.29) is 24.6 Å². The average Bonchev–Trinajstić information content (AvgIpc) is 3.02. The summed E-state index contributed by atoms with van der Waals surface area (Å²) in [6, 6.07) is 6.55. The molecule has 1 heterocycles. The van der Waals surface area contributed by atoms with Crippen LogP contribution in [0.1, 0.15) is 24.8 Å². The van der Waals surface area contributed by atoms with Crippen molar-refractivity contribution in [3.63, 3.8) is 0 Å². The van der Waals surface area contributed by atoms with Gasteiger partial charge in [0.15, 0.2) is 0 Å². The zero-order valence-corrected chi connectivity index (χ0v) is 12.9. The van der Waals surface area contributed by atoms with Crippen LogP contribution in [-0.4, -0.2) is 31.7 Å². The van der Waals surface area contributed by atoms with E-state index in [1.54, 1.807) is 31.2 Å². The highest BCUT2D eigenvalue weighted by atomic mass is 16.6.